The van der Waals surface area contributed by atoms with E-state index in [0.29, 0.717) is 5.82 Å². The molecule has 6 nitrogen and oxygen atoms in total. The number of hydrogen-bond donors (Lipinski definition) is 2. The van der Waals surface area contributed by atoms with Gasteiger partial charge in [-0.25, -0.2) is 5.84 Å². The maximum Gasteiger partial charge on any atom is 0.226 e. The van der Waals surface area contributed by atoms with Crippen molar-refractivity contribution in [2.75, 3.05) is 5.43 Å². The molecule has 0 amide bonds. The van der Waals surface area contributed by atoms with Crippen molar-refractivity contribution in [3.63, 3.8) is 0 Å². The number of aromatic nitrogens is 4. The molecule has 0 aliphatic heterocycles. The van der Waals surface area contributed by atoms with Crippen LogP contribution in [0.3, 0.4) is 0 Å². The van der Waals surface area contributed by atoms with Crippen molar-refractivity contribution in [3.8, 4) is 0 Å². The van der Waals surface area contributed by atoms with E-state index in [2.05, 4.69) is 20.4 Å². The lowest BCUT2D eigenvalue weighted by Gasteiger charge is -2.06. The standard InChI is InChI=1S/C13H13ClN6/c14-13-17-11(19-15)10-5-8-20(12(10)18-13)7-4-9-3-1-2-6-16-9/h1-3,5-6,8H,4,7,15H2,(H,17,18,19). The van der Waals surface area contributed by atoms with E-state index in [-0.39, 0.29) is 5.28 Å². The minimum Gasteiger partial charge on any atom is -0.332 e. The lowest BCUT2D eigenvalue weighted by molar-refractivity contribution is 0.703. The Morgan fingerprint density at radius 3 is 2.90 bits per heavy atom. The minimum atomic E-state index is 0.170. The first kappa shape index (κ1) is 12.8. The fourth-order valence-corrected chi connectivity index (χ4v) is 2.27. The Morgan fingerprint density at radius 1 is 1.25 bits per heavy atom. The zero-order valence-electron chi connectivity index (χ0n) is 10.6. The summed E-state index contributed by atoms with van der Waals surface area (Å²) >= 11 is 5.91. The summed E-state index contributed by atoms with van der Waals surface area (Å²) in [5, 5.41) is 1.01. The molecule has 0 aliphatic rings. The molecule has 0 aromatic carbocycles. The van der Waals surface area contributed by atoms with Crippen molar-refractivity contribution < 1.29 is 0 Å². The van der Waals surface area contributed by atoms with Gasteiger partial charge in [0.1, 0.15) is 5.65 Å². The lowest BCUT2D eigenvalue weighted by atomic mass is 10.3. The number of nitrogens with one attached hydrogen (secondary N) is 1. The van der Waals surface area contributed by atoms with Crippen molar-refractivity contribution in [1.82, 2.24) is 19.5 Å². The Hall–Kier alpha value is -2.18. The molecule has 7 heteroatoms. The molecule has 3 N–H and O–H groups in total. The number of nitrogens with zero attached hydrogens (tertiary/aromatic N) is 4. The Labute approximate surface area is 120 Å². The summed E-state index contributed by atoms with van der Waals surface area (Å²) in [5.41, 5.74) is 4.33. The maximum absolute atomic E-state index is 5.91. The highest BCUT2D eigenvalue weighted by Gasteiger charge is 2.10. The van der Waals surface area contributed by atoms with E-state index < -0.39 is 0 Å². The fourth-order valence-electron chi connectivity index (χ4n) is 2.11. The number of nitrogen functional groups attached to an aromatic ring is 1. The van der Waals surface area contributed by atoms with Gasteiger partial charge in [0.15, 0.2) is 5.82 Å². The molecule has 0 saturated carbocycles. The van der Waals surface area contributed by atoms with Gasteiger partial charge in [-0.2, -0.15) is 9.97 Å². The summed E-state index contributed by atoms with van der Waals surface area (Å²) in [5.74, 6) is 5.97. The van der Waals surface area contributed by atoms with Crippen LogP contribution in [0.4, 0.5) is 5.82 Å². The number of anilines is 1. The van der Waals surface area contributed by atoms with E-state index in [0.717, 1.165) is 29.7 Å². The highest BCUT2D eigenvalue weighted by Crippen LogP contribution is 2.22. The van der Waals surface area contributed by atoms with Crippen LogP contribution >= 0.6 is 11.6 Å². The van der Waals surface area contributed by atoms with Crippen LogP contribution in [0.15, 0.2) is 36.7 Å². The second-order valence-electron chi connectivity index (χ2n) is 4.30. The van der Waals surface area contributed by atoms with Crippen LogP contribution in [-0.2, 0) is 13.0 Å². The monoisotopic (exact) mass is 288 g/mol. The van der Waals surface area contributed by atoms with Crippen LogP contribution in [0.2, 0.25) is 5.28 Å². The summed E-state index contributed by atoms with van der Waals surface area (Å²) in [6.45, 7) is 0.762. The van der Waals surface area contributed by atoms with Gasteiger partial charge in [0.2, 0.25) is 5.28 Å². The molecule has 0 spiro atoms. The third kappa shape index (κ3) is 2.43. The van der Waals surface area contributed by atoms with Crippen molar-refractivity contribution in [2.45, 2.75) is 13.0 Å². The predicted molar refractivity (Wildman–Crippen MR) is 78.3 cm³/mol. The average molecular weight is 289 g/mol. The lowest BCUT2D eigenvalue weighted by Crippen LogP contribution is -2.10. The summed E-state index contributed by atoms with van der Waals surface area (Å²) in [7, 11) is 0. The zero-order valence-corrected chi connectivity index (χ0v) is 11.4. The van der Waals surface area contributed by atoms with Crippen molar-refractivity contribution in [2.24, 2.45) is 5.84 Å². The highest BCUT2D eigenvalue weighted by atomic mass is 35.5. The third-order valence-corrected chi connectivity index (χ3v) is 3.23. The van der Waals surface area contributed by atoms with E-state index in [9.17, 15) is 0 Å². The number of halogens is 1. The predicted octanol–water partition coefficient (Wildman–Crippen LogP) is 2.01. The Morgan fingerprint density at radius 2 is 2.15 bits per heavy atom. The molecule has 0 fully saturated rings. The molecule has 3 aromatic heterocycles. The molecule has 0 bridgehead atoms. The molecule has 3 rings (SSSR count). The van der Waals surface area contributed by atoms with E-state index in [1.807, 2.05) is 35.0 Å². The van der Waals surface area contributed by atoms with Crippen LogP contribution < -0.4 is 11.3 Å². The Balaban J connectivity index is 1.91. The van der Waals surface area contributed by atoms with Gasteiger partial charge in [-0.15, -0.1) is 0 Å². The topological polar surface area (TPSA) is 81.6 Å². The minimum absolute atomic E-state index is 0.170. The number of rotatable bonds is 4. The van der Waals surface area contributed by atoms with Gasteiger partial charge in [0.05, 0.1) is 5.39 Å². The fraction of sp³-hybridized carbons (Fsp3) is 0.154. The molecular formula is C13H13ClN6. The van der Waals surface area contributed by atoms with Gasteiger partial charge in [-0.1, -0.05) is 6.07 Å². The number of hydrogen-bond acceptors (Lipinski definition) is 5. The summed E-state index contributed by atoms with van der Waals surface area (Å²) in [4.78, 5) is 12.6. The smallest absolute Gasteiger partial charge is 0.226 e. The molecule has 0 saturated heterocycles. The van der Waals surface area contributed by atoms with Crippen LogP contribution in [0.5, 0.6) is 0 Å². The number of pyridine rings is 1. The summed E-state index contributed by atoms with van der Waals surface area (Å²) < 4.78 is 2.01. The highest BCUT2D eigenvalue weighted by molar-refractivity contribution is 6.28. The molecular weight excluding hydrogens is 276 g/mol. The molecule has 3 heterocycles. The van der Waals surface area contributed by atoms with Crippen LogP contribution in [0.25, 0.3) is 11.0 Å². The molecule has 0 aliphatic carbocycles. The van der Waals surface area contributed by atoms with Gasteiger partial charge >= 0.3 is 0 Å². The first-order valence-corrected chi connectivity index (χ1v) is 6.54. The van der Waals surface area contributed by atoms with Gasteiger partial charge in [-0.3, -0.25) is 4.98 Å². The van der Waals surface area contributed by atoms with Crippen LogP contribution in [0.1, 0.15) is 5.69 Å². The van der Waals surface area contributed by atoms with E-state index >= 15 is 0 Å². The normalized spacial score (nSPS) is 10.9. The van der Waals surface area contributed by atoms with Gasteiger partial charge < -0.3 is 9.99 Å². The molecule has 0 atom stereocenters. The number of nitrogens with two attached hydrogens (primary N) is 1. The Bertz CT molecular complexity index is 724. The first-order chi connectivity index (χ1) is 9.78. The zero-order chi connectivity index (χ0) is 13.9. The molecule has 0 radical (unpaired) electrons. The van der Waals surface area contributed by atoms with E-state index in [1.54, 1.807) is 6.20 Å². The average Bonchev–Trinajstić information content (AvgIpc) is 2.88. The summed E-state index contributed by atoms with van der Waals surface area (Å²) in [6, 6.07) is 7.80. The molecule has 102 valence electrons. The number of fused-ring (bicyclic) bond motifs is 1. The first-order valence-electron chi connectivity index (χ1n) is 6.17. The van der Waals surface area contributed by atoms with Crippen molar-refractivity contribution >= 4 is 28.5 Å². The largest absolute Gasteiger partial charge is 0.332 e. The summed E-state index contributed by atoms with van der Waals surface area (Å²) in [6.07, 6.45) is 4.55. The second kappa shape index (κ2) is 5.44. The van der Waals surface area contributed by atoms with Crippen molar-refractivity contribution in [3.05, 3.63) is 47.6 Å². The van der Waals surface area contributed by atoms with E-state index in [1.165, 1.54) is 0 Å². The van der Waals surface area contributed by atoms with Gasteiger partial charge in [0, 0.05) is 31.1 Å². The molecule has 20 heavy (non-hydrogen) atoms. The maximum atomic E-state index is 5.91. The van der Waals surface area contributed by atoms with Crippen LogP contribution in [-0.4, -0.2) is 19.5 Å². The molecule has 3 aromatic rings. The number of aryl methyl sites for hydroxylation is 2. The van der Waals surface area contributed by atoms with E-state index in [4.69, 9.17) is 17.4 Å². The van der Waals surface area contributed by atoms with Gasteiger partial charge in [-0.05, 0) is 29.8 Å². The third-order valence-electron chi connectivity index (χ3n) is 3.06. The SMILES string of the molecule is NNc1nc(Cl)nc2c1ccn2CCc1ccccn1. The number of hydrazine groups is 1. The van der Waals surface area contributed by atoms with Gasteiger partial charge in [0.25, 0.3) is 0 Å². The second-order valence-corrected chi connectivity index (χ2v) is 4.64. The van der Waals surface area contributed by atoms with Crippen molar-refractivity contribution in [1.29, 1.82) is 0 Å². The Kier molecular flexibility index (Phi) is 3.49. The molecule has 0 unspecified atom stereocenters. The van der Waals surface area contributed by atoms with Crippen LogP contribution in [0, 0.1) is 0 Å². The quantitative estimate of drug-likeness (QED) is 0.436.